The number of likely N-dealkylation sites (N-methyl/N-ethyl adjacent to an activating group) is 1. The molecule has 0 aromatic rings. The number of alkyl halides is 6. The zero-order valence-electron chi connectivity index (χ0n) is 12.2. The highest BCUT2D eigenvalue weighted by molar-refractivity contribution is 8.05. The Morgan fingerprint density at radius 2 is 1.42 bits per heavy atom. The minimum atomic E-state index is -6.60. The number of hydrogen-bond donors (Lipinski definition) is 1. The van der Waals surface area contributed by atoms with Crippen LogP contribution in [-0.4, -0.2) is 71.0 Å². The Morgan fingerprint density at radius 3 is 1.67 bits per heavy atom. The van der Waals surface area contributed by atoms with Gasteiger partial charge in [-0.3, -0.25) is 9.80 Å². The summed E-state index contributed by atoms with van der Waals surface area (Å²) >= 11 is 0. The van der Waals surface area contributed by atoms with Crippen LogP contribution >= 0.6 is 0 Å². The molecule has 0 aromatic heterocycles. The Labute approximate surface area is 135 Å². The van der Waals surface area contributed by atoms with Crippen molar-refractivity contribution in [3.05, 3.63) is 12.7 Å². The van der Waals surface area contributed by atoms with E-state index in [1.807, 2.05) is 6.08 Å². The zero-order valence-corrected chi connectivity index (χ0v) is 13.9. The monoisotopic (exact) mass is 407 g/mol. The van der Waals surface area contributed by atoms with Gasteiger partial charge in [-0.05, 0) is 7.05 Å². The van der Waals surface area contributed by atoms with E-state index in [0.29, 0.717) is 0 Å². The smallest absolute Gasteiger partial charge is 0.292 e. The summed E-state index contributed by atoms with van der Waals surface area (Å²) in [7, 11) is -11.1. The minimum absolute atomic E-state index is 0.493. The molecule has 0 amide bonds. The molecule has 7 nitrogen and oxygen atoms in total. The highest BCUT2D eigenvalue weighted by atomic mass is 32.3. The molecule has 0 spiro atoms. The Hall–Kier alpha value is -0.900. The quantitative estimate of drug-likeness (QED) is 0.544. The summed E-state index contributed by atoms with van der Waals surface area (Å²) in [6.07, 6.45) is 1.96. The van der Waals surface area contributed by atoms with E-state index in [0.717, 1.165) is 13.2 Å². The van der Waals surface area contributed by atoms with Crippen molar-refractivity contribution in [3.63, 3.8) is 0 Å². The number of rotatable bonds is 4. The first-order chi connectivity index (χ1) is 10.5. The second-order valence-corrected chi connectivity index (χ2v) is 8.17. The van der Waals surface area contributed by atoms with Crippen LogP contribution in [0.15, 0.2) is 12.7 Å². The largest absolute Gasteiger partial charge is 0.512 e. The molecule has 1 rings (SSSR count). The van der Waals surface area contributed by atoms with Gasteiger partial charge in [-0.25, -0.2) is 16.8 Å². The van der Waals surface area contributed by atoms with Crippen LogP contribution in [-0.2, 0) is 20.0 Å². The lowest BCUT2D eigenvalue weighted by atomic mass is 10.5. The molecule has 24 heavy (non-hydrogen) atoms. The number of nitrogens with one attached hydrogen (secondary N) is 1. The van der Waals surface area contributed by atoms with Crippen LogP contribution in [0.4, 0.5) is 26.3 Å². The molecule has 0 atom stereocenters. The lowest BCUT2D eigenvalue weighted by molar-refractivity contribution is -0.0476. The van der Waals surface area contributed by atoms with Gasteiger partial charge in [-0.15, -0.1) is 6.58 Å². The molecule has 144 valence electrons. The van der Waals surface area contributed by atoms with Gasteiger partial charge in [0.15, 0.2) is 0 Å². The van der Waals surface area contributed by atoms with E-state index in [1.54, 1.807) is 0 Å². The lowest BCUT2D eigenvalue weighted by Crippen LogP contribution is -2.45. The fraction of sp³-hybridized carbons (Fsp3) is 0.778. The molecule has 1 aliphatic heterocycles. The first kappa shape index (κ1) is 23.1. The Morgan fingerprint density at radius 1 is 1.00 bits per heavy atom. The van der Waals surface area contributed by atoms with Crippen LogP contribution in [0.1, 0.15) is 0 Å². The summed E-state index contributed by atoms with van der Waals surface area (Å²) in [5, 5.41) is 0. The average molecular weight is 407 g/mol. The molecule has 0 bridgehead atoms. The summed E-state index contributed by atoms with van der Waals surface area (Å²) < 4.78 is 108. The van der Waals surface area contributed by atoms with Crippen molar-refractivity contribution in [3.8, 4) is 0 Å². The molecule has 0 aliphatic carbocycles. The maximum Gasteiger partial charge on any atom is 0.512 e. The number of hydrogen-bond acceptors (Lipinski definition) is 6. The van der Waals surface area contributed by atoms with Crippen molar-refractivity contribution in [2.75, 3.05) is 33.4 Å². The van der Waals surface area contributed by atoms with E-state index in [1.165, 1.54) is 13.1 Å². The fourth-order valence-electron chi connectivity index (χ4n) is 1.37. The minimum Gasteiger partial charge on any atom is -0.292 e. The van der Waals surface area contributed by atoms with Crippen LogP contribution in [0.2, 0.25) is 0 Å². The Kier molecular flexibility index (Phi) is 7.69. The molecule has 1 heterocycles. The van der Waals surface area contributed by atoms with Gasteiger partial charge in [0, 0.05) is 19.6 Å². The standard InChI is InChI=1S/C7H14N2.C2HF6NO4S2/c1-3-4-9-6-5-8(2)7-9;3-1(4,5)14(10,11)9-15(12,13)2(6,7)8/h3H,1,4-7H2,2H3;9H. The third-order valence-corrected chi connectivity index (χ3v) is 5.43. The molecule has 1 saturated heterocycles. The SMILES string of the molecule is C=CCN1CCN(C)C1.O=S(=O)(NS(=O)(=O)C(F)(F)F)C(F)(F)F. The Bertz CT molecular complexity index is 587. The summed E-state index contributed by atoms with van der Waals surface area (Å²) in [6, 6.07) is 0. The lowest BCUT2D eigenvalue weighted by Gasteiger charge is -2.11. The van der Waals surface area contributed by atoms with E-state index in [4.69, 9.17) is 0 Å². The van der Waals surface area contributed by atoms with Gasteiger partial charge in [0.05, 0.1) is 6.67 Å². The van der Waals surface area contributed by atoms with Gasteiger partial charge in [0.1, 0.15) is 0 Å². The topological polar surface area (TPSA) is 86.8 Å². The van der Waals surface area contributed by atoms with Crippen LogP contribution in [0.5, 0.6) is 0 Å². The molecule has 1 N–H and O–H groups in total. The molecule has 0 radical (unpaired) electrons. The van der Waals surface area contributed by atoms with Crippen LogP contribution in [0, 0.1) is 0 Å². The number of sulfonamides is 2. The number of halogens is 6. The van der Waals surface area contributed by atoms with Crippen molar-refractivity contribution in [2.24, 2.45) is 0 Å². The first-order valence-corrected chi connectivity index (χ1v) is 8.93. The Balaban J connectivity index is 0.000000496. The van der Waals surface area contributed by atoms with Gasteiger partial charge in [0.25, 0.3) is 0 Å². The molecule has 15 heteroatoms. The van der Waals surface area contributed by atoms with E-state index in [9.17, 15) is 43.2 Å². The summed E-state index contributed by atoms with van der Waals surface area (Å²) in [5.74, 6) is 0. The third-order valence-electron chi connectivity index (χ3n) is 2.46. The van der Waals surface area contributed by atoms with E-state index < -0.39 is 35.2 Å². The molecular formula is C9H15F6N3O4S2. The normalized spacial score (nSPS) is 18.1. The highest BCUT2D eigenvalue weighted by Crippen LogP contribution is 2.27. The van der Waals surface area contributed by atoms with Crippen molar-refractivity contribution in [2.45, 2.75) is 11.0 Å². The van der Waals surface area contributed by atoms with E-state index in [-0.39, 0.29) is 0 Å². The summed E-state index contributed by atoms with van der Waals surface area (Å²) in [4.78, 5) is 4.68. The van der Waals surface area contributed by atoms with E-state index >= 15 is 0 Å². The maximum absolute atomic E-state index is 11.5. The van der Waals surface area contributed by atoms with E-state index in [2.05, 4.69) is 23.4 Å². The van der Waals surface area contributed by atoms with Gasteiger partial charge < -0.3 is 0 Å². The van der Waals surface area contributed by atoms with Gasteiger partial charge in [0.2, 0.25) is 0 Å². The molecular weight excluding hydrogens is 392 g/mol. The zero-order chi connectivity index (χ0) is 19.4. The number of nitrogens with zero attached hydrogens (tertiary/aromatic N) is 2. The molecule has 1 fully saturated rings. The van der Waals surface area contributed by atoms with Crippen LogP contribution < -0.4 is 4.13 Å². The average Bonchev–Trinajstić information content (AvgIpc) is 2.72. The molecule has 0 saturated carbocycles. The van der Waals surface area contributed by atoms with Crippen LogP contribution in [0.25, 0.3) is 0 Å². The van der Waals surface area contributed by atoms with Crippen molar-refractivity contribution in [1.29, 1.82) is 0 Å². The predicted octanol–water partition coefficient (Wildman–Crippen LogP) is 0.652. The maximum atomic E-state index is 11.5. The molecule has 0 unspecified atom stereocenters. The van der Waals surface area contributed by atoms with Crippen molar-refractivity contribution >= 4 is 20.0 Å². The van der Waals surface area contributed by atoms with Gasteiger partial charge in [-0.2, -0.15) is 26.3 Å². The molecule has 1 aliphatic rings. The summed E-state index contributed by atoms with van der Waals surface area (Å²) in [6.45, 7) is 8.22. The van der Waals surface area contributed by atoms with Crippen molar-refractivity contribution < 1.29 is 43.2 Å². The second-order valence-electron chi connectivity index (χ2n) is 4.57. The molecule has 0 aromatic carbocycles. The fourth-order valence-corrected chi connectivity index (χ4v) is 3.28. The summed E-state index contributed by atoms with van der Waals surface area (Å²) in [5.41, 5.74) is -12.3. The highest BCUT2D eigenvalue weighted by Gasteiger charge is 2.55. The first-order valence-electron chi connectivity index (χ1n) is 5.96. The van der Waals surface area contributed by atoms with Crippen molar-refractivity contribution in [1.82, 2.24) is 13.9 Å². The predicted molar refractivity (Wildman–Crippen MR) is 72.4 cm³/mol. The third kappa shape index (κ3) is 6.92. The van der Waals surface area contributed by atoms with Gasteiger partial charge in [-0.1, -0.05) is 10.2 Å². The second kappa shape index (κ2) is 7.99. The van der Waals surface area contributed by atoms with Crippen LogP contribution in [0.3, 0.4) is 0 Å². The van der Waals surface area contributed by atoms with Gasteiger partial charge >= 0.3 is 31.1 Å².